The van der Waals surface area contributed by atoms with Crippen molar-refractivity contribution in [2.75, 3.05) is 26.3 Å². The van der Waals surface area contributed by atoms with Crippen molar-refractivity contribution in [3.8, 4) is 0 Å². The fourth-order valence-electron chi connectivity index (χ4n) is 1.21. The van der Waals surface area contributed by atoms with Crippen molar-refractivity contribution in [2.24, 2.45) is 0 Å². The molecule has 3 heteroatoms. The first-order valence-corrected chi connectivity index (χ1v) is 4.34. The van der Waals surface area contributed by atoms with Gasteiger partial charge in [0.25, 0.3) is 0 Å². The van der Waals surface area contributed by atoms with Crippen molar-refractivity contribution in [2.45, 2.75) is 13.3 Å². The van der Waals surface area contributed by atoms with Crippen molar-refractivity contribution in [3.63, 3.8) is 0 Å². The number of amides is 1. The van der Waals surface area contributed by atoms with Gasteiger partial charge in [-0.15, -0.1) is 0 Å². The first-order chi connectivity index (χ1) is 5.84. The van der Waals surface area contributed by atoms with Gasteiger partial charge < -0.3 is 9.64 Å². The van der Waals surface area contributed by atoms with E-state index in [1.807, 2.05) is 11.8 Å². The highest BCUT2D eigenvalue weighted by molar-refractivity contribution is 5.87. The van der Waals surface area contributed by atoms with Crippen LogP contribution in [0.5, 0.6) is 0 Å². The third-order valence-electron chi connectivity index (χ3n) is 1.84. The molecule has 1 aliphatic heterocycles. The summed E-state index contributed by atoms with van der Waals surface area (Å²) in [6.45, 7) is 4.85. The van der Waals surface area contributed by atoms with E-state index in [0.29, 0.717) is 6.61 Å². The Morgan fingerprint density at radius 2 is 2.25 bits per heavy atom. The molecule has 0 aromatic heterocycles. The molecule has 0 aromatic rings. The second-order valence-corrected chi connectivity index (χ2v) is 2.79. The summed E-state index contributed by atoms with van der Waals surface area (Å²) in [4.78, 5) is 13.2. The predicted octanol–water partition coefficient (Wildman–Crippen LogP) is 0.811. The van der Waals surface area contributed by atoms with Crippen LogP contribution in [0.1, 0.15) is 13.3 Å². The fraction of sp³-hybridized carbons (Fsp3) is 0.667. The summed E-state index contributed by atoms with van der Waals surface area (Å²) in [5.74, 6) is 0.100. The average molecular weight is 169 g/mol. The molecule has 1 saturated heterocycles. The minimum atomic E-state index is 0.100. The molecule has 0 aromatic carbocycles. The lowest BCUT2D eigenvalue weighted by atomic mass is 10.3. The molecule has 0 saturated carbocycles. The molecule has 12 heavy (non-hydrogen) atoms. The normalized spacial score (nSPS) is 19.6. The molecule has 0 radical (unpaired) electrons. The number of hydrogen-bond acceptors (Lipinski definition) is 2. The molecule has 1 heterocycles. The van der Waals surface area contributed by atoms with Crippen LogP contribution in [0.2, 0.25) is 0 Å². The first kappa shape index (κ1) is 9.26. The second-order valence-electron chi connectivity index (χ2n) is 2.79. The van der Waals surface area contributed by atoms with Crippen LogP contribution in [-0.2, 0) is 9.53 Å². The molecule has 0 atom stereocenters. The summed E-state index contributed by atoms with van der Waals surface area (Å²) in [5, 5.41) is 0. The second kappa shape index (κ2) is 4.93. The van der Waals surface area contributed by atoms with E-state index in [1.165, 1.54) is 0 Å². The molecular formula is C9H15NO2. The number of rotatable bonds is 1. The third kappa shape index (κ3) is 2.66. The Kier molecular flexibility index (Phi) is 3.80. The molecule has 1 fully saturated rings. The highest BCUT2D eigenvalue weighted by Crippen LogP contribution is 1.99. The summed E-state index contributed by atoms with van der Waals surface area (Å²) in [6, 6.07) is 0. The van der Waals surface area contributed by atoms with E-state index in [0.717, 1.165) is 26.1 Å². The SMILES string of the molecule is C/C=C/C(=O)N1CCCOCC1. The largest absolute Gasteiger partial charge is 0.380 e. The van der Waals surface area contributed by atoms with E-state index in [9.17, 15) is 4.79 Å². The van der Waals surface area contributed by atoms with Crippen molar-refractivity contribution >= 4 is 5.91 Å². The van der Waals surface area contributed by atoms with Crippen molar-refractivity contribution < 1.29 is 9.53 Å². The van der Waals surface area contributed by atoms with Gasteiger partial charge in [-0.2, -0.15) is 0 Å². The molecule has 0 spiro atoms. The Morgan fingerprint density at radius 3 is 3.00 bits per heavy atom. The van der Waals surface area contributed by atoms with Gasteiger partial charge in [-0.25, -0.2) is 0 Å². The number of allylic oxidation sites excluding steroid dienone is 1. The molecule has 0 bridgehead atoms. The Hall–Kier alpha value is -0.830. The first-order valence-electron chi connectivity index (χ1n) is 4.34. The zero-order chi connectivity index (χ0) is 8.81. The fourth-order valence-corrected chi connectivity index (χ4v) is 1.21. The van der Waals surface area contributed by atoms with E-state index < -0.39 is 0 Å². The van der Waals surface area contributed by atoms with Gasteiger partial charge in [0.1, 0.15) is 0 Å². The summed E-state index contributed by atoms with van der Waals surface area (Å²) >= 11 is 0. The number of ether oxygens (including phenoxy) is 1. The number of nitrogens with zero attached hydrogens (tertiary/aromatic N) is 1. The van der Waals surface area contributed by atoms with Crippen LogP contribution in [0.3, 0.4) is 0 Å². The maximum atomic E-state index is 11.3. The van der Waals surface area contributed by atoms with Gasteiger partial charge >= 0.3 is 0 Å². The zero-order valence-electron chi connectivity index (χ0n) is 7.45. The number of carbonyl (C=O) groups is 1. The van der Waals surface area contributed by atoms with Crippen LogP contribution in [0, 0.1) is 0 Å². The van der Waals surface area contributed by atoms with Gasteiger partial charge in [-0.3, -0.25) is 4.79 Å². The molecule has 68 valence electrons. The topological polar surface area (TPSA) is 29.5 Å². The molecule has 0 aliphatic carbocycles. The summed E-state index contributed by atoms with van der Waals surface area (Å²) < 4.78 is 5.24. The lowest BCUT2D eigenvalue weighted by molar-refractivity contribution is -0.126. The van der Waals surface area contributed by atoms with Crippen LogP contribution < -0.4 is 0 Å². The van der Waals surface area contributed by atoms with E-state index in [1.54, 1.807) is 12.2 Å². The van der Waals surface area contributed by atoms with Crippen molar-refractivity contribution in [1.82, 2.24) is 4.90 Å². The number of hydrogen-bond donors (Lipinski definition) is 0. The van der Waals surface area contributed by atoms with Crippen LogP contribution in [-0.4, -0.2) is 37.1 Å². The monoisotopic (exact) mass is 169 g/mol. The molecule has 0 N–H and O–H groups in total. The molecular weight excluding hydrogens is 154 g/mol. The molecule has 0 unspecified atom stereocenters. The minimum absolute atomic E-state index is 0.100. The average Bonchev–Trinajstić information content (AvgIpc) is 2.32. The Labute approximate surface area is 73.0 Å². The van der Waals surface area contributed by atoms with Gasteiger partial charge in [-0.05, 0) is 19.4 Å². The maximum absolute atomic E-state index is 11.3. The minimum Gasteiger partial charge on any atom is -0.380 e. The van der Waals surface area contributed by atoms with Gasteiger partial charge in [0.15, 0.2) is 0 Å². The van der Waals surface area contributed by atoms with Crippen LogP contribution in [0.15, 0.2) is 12.2 Å². The lowest BCUT2D eigenvalue weighted by Gasteiger charge is -2.16. The van der Waals surface area contributed by atoms with E-state index in [4.69, 9.17) is 4.74 Å². The highest BCUT2D eigenvalue weighted by Gasteiger charge is 2.12. The van der Waals surface area contributed by atoms with E-state index in [-0.39, 0.29) is 5.91 Å². The van der Waals surface area contributed by atoms with E-state index >= 15 is 0 Å². The van der Waals surface area contributed by atoms with Crippen molar-refractivity contribution in [1.29, 1.82) is 0 Å². The summed E-state index contributed by atoms with van der Waals surface area (Å²) in [6.07, 6.45) is 4.32. The number of carbonyl (C=O) groups excluding carboxylic acids is 1. The standard InChI is InChI=1S/C9H15NO2/c1-2-4-9(11)10-5-3-7-12-8-6-10/h2,4H,3,5-8H2,1H3/b4-2+. The van der Waals surface area contributed by atoms with Crippen LogP contribution in [0.4, 0.5) is 0 Å². The molecule has 3 nitrogen and oxygen atoms in total. The Morgan fingerprint density at radius 1 is 1.42 bits per heavy atom. The van der Waals surface area contributed by atoms with Gasteiger partial charge in [0.05, 0.1) is 6.61 Å². The van der Waals surface area contributed by atoms with Gasteiger partial charge in [0, 0.05) is 19.7 Å². The Bertz CT molecular complexity index is 169. The zero-order valence-corrected chi connectivity index (χ0v) is 7.45. The van der Waals surface area contributed by atoms with Crippen LogP contribution in [0.25, 0.3) is 0 Å². The molecule has 1 aliphatic rings. The van der Waals surface area contributed by atoms with Gasteiger partial charge in [-0.1, -0.05) is 6.08 Å². The molecule has 1 amide bonds. The quantitative estimate of drug-likeness (QED) is 0.544. The van der Waals surface area contributed by atoms with E-state index in [2.05, 4.69) is 0 Å². The van der Waals surface area contributed by atoms with Crippen molar-refractivity contribution in [3.05, 3.63) is 12.2 Å². The smallest absolute Gasteiger partial charge is 0.246 e. The highest BCUT2D eigenvalue weighted by atomic mass is 16.5. The summed E-state index contributed by atoms with van der Waals surface area (Å²) in [5.41, 5.74) is 0. The van der Waals surface area contributed by atoms with Gasteiger partial charge in [0.2, 0.25) is 5.91 Å². The molecule has 1 rings (SSSR count). The lowest BCUT2D eigenvalue weighted by Crippen LogP contribution is -2.31. The van der Waals surface area contributed by atoms with Crippen LogP contribution >= 0.6 is 0 Å². The summed E-state index contributed by atoms with van der Waals surface area (Å²) in [7, 11) is 0. The maximum Gasteiger partial charge on any atom is 0.246 e. The predicted molar refractivity (Wildman–Crippen MR) is 46.8 cm³/mol. The Balaban J connectivity index is 2.42. The third-order valence-corrected chi connectivity index (χ3v) is 1.84.